The van der Waals surface area contributed by atoms with Crippen LogP contribution in [0.3, 0.4) is 0 Å². The smallest absolute Gasteiger partial charge is 0.134 e. The molecule has 0 aliphatic carbocycles. The Morgan fingerprint density at radius 3 is 2.68 bits per heavy atom. The standard InChI is InChI=1S/C20H20ClNO2.ClH/c1-23-19-8-3-2-5-15(19)11-12-22-14-18-9-10-20(24-18)16-6-4-7-17(21)13-16;/h2-10,13,22H,11-12,14H2,1H3;1H. The molecule has 3 rings (SSSR count). The van der Waals surface area contributed by atoms with E-state index in [4.69, 9.17) is 20.8 Å². The molecule has 0 radical (unpaired) electrons. The van der Waals surface area contributed by atoms with Gasteiger partial charge in [0.25, 0.3) is 0 Å². The van der Waals surface area contributed by atoms with Crippen LogP contribution in [-0.2, 0) is 13.0 Å². The maximum absolute atomic E-state index is 6.02. The number of methoxy groups -OCH3 is 1. The van der Waals surface area contributed by atoms with Gasteiger partial charge < -0.3 is 14.5 Å². The van der Waals surface area contributed by atoms with Crippen molar-refractivity contribution in [1.82, 2.24) is 5.32 Å². The van der Waals surface area contributed by atoms with Crippen molar-refractivity contribution in [3.05, 3.63) is 77.0 Å². The first-order valence-corrected chi connectivity index (χ1v) is 8.31. The van der Waals surface area contributed by atoms with Gasteiger partial charge in [-0.2, -0.15) is 0 Å². The fourth-order valence-electron chi connectivity index (χ4n) is 2.61. The molecule has 0 unspecified atom stereocenters. The third-order valence-corrected chi connectivity index (χ3v) is 4.07. The molecule has 0 bridgehead atoms. The van der Waals surface area contributed by atoms with Crippen LogP contribution in [0.2, 0.25) is 5.02 Å². The van der Waals surface area contributed by atoms with Gasteiger partial charge in [0.05, 0.1) is 13.7 Å². The third-order valence-electron chi connectivity index (χ3n) is 3.83. The maximum atomic E-state index is 6.02. The van der Waals surface area contributed by atoms with Crippen LogP contribution in [0.15, 0.2) is 65.1 Å². The van der Waals surface area contributed by atoms with Crippen molar-refractivity contribution in [2.24, 2.45) is 0 Å². The highest BCUT2D eigenvalue weighted by Gasteiger charge is 2.06. The second-order valence-corrected chi connectivity index (χ2v) is 5.95. The molecule has 0 fully saturated rings. The van der Waals surface area contributed by atoms with Crippen LogP contribution >= 0.6 is 24.0 Å². The molecular formula is C20H21Cl2NO2. The summed E-state index contributed by atoms with van der Waals surface area (Å²) in [5.74, 6) is 2.67. The SMILES string of the molecule is COc1ccccc1CCNCc1ccc(-c2cccc(Cl)c2)o1.Cl. The summed E-state index contributed by atoms with van der Waals surface area (Å²) >= 11 is 6.02. The highest BCUT2D eigenvalue weighted by Crippen LogP contribution is 2.24. The molecule has 25 heavy (non-hydrogen) atoms. The lowest BCUT2D eigenvalue weighted by Crippen LogP contribution is -2.16. The molecule has 0 saturated carbocycles. The first kappa shape index (κ1) is 19.4. The van der Waals surface area contributed by atoms with Crippen LogP contribution in [0.25, 0.3) is 11.3 Å². The van der Waals surface area contributed by atoms with Crippen LogP contribution < -0.4 is 10.1 Å². The number of para-hydroxylation sites is 1. The zero-order valence-corrected chi connectivity index (χ0v) is 15.6. The molecule has 1 N–H and O–H groups in total. The Labute approximate surface area is 159 Å². The first-order chi connectivity index (χ1) is 11.8. The van der Waals surface area contributed by atoms with Gasteiger partial charge in [-0.3, -0.25) is 0 Å². The van der Waals surface area contributed by atoms with Crippen LogP contribution in [0.1, 0.15) is 11.3 Å². The molecule has 2 aromatic carbocycles. The molecule has 1 aromatic heterocycles. The summed E-state index contributed by atoms with van der Waals surface area (Å²) in [5.41, 5.74) is 2.19. The number of rotatable bonds is 7. The number of hydrogen-bond donors (Lipinski definition) is 1. The molecule has 5 heteroatoms. The van der Waals surface area contributed by atoms with Gasteiger partial charge in [0.15, 0.2) is 0 Å². The number of hydrogen-bond acceptors (Lipinski definition) is 3. The molecule has 0 spiro atoms. The van der Waals surface area contributed by atoms with Gasteiger partial charge in [-0.25, -0.2) is 0 Å². The molecule has 0 saturated heterocycles. The van der Waals surface area contributed by atoms with E-state index in [9.17, 15) is 0 Å². The Bertz CT molecular complexity index is 802. The summed E-state index contributed by atoms with van der Waals surface area (Å²) in [4.78, 5) is 0. The van der Waals surface area contributed by atoms with Gasteiger partial charge in [-0.15, -0.1) is 12.4 Å². The first-order valence-electron chi connectivity index (χ1n) is 7.93. The molecular weight excluding hydrogens is 357 g/mol. The molecule has 0 aliphatic heterocycles. The topological polar surface area (TPSA) is 34.4 Å². The summed E-state index contributed by atoms with van der Waals surface area (Å²) < 4.78 is 11.2. The van der Waals surface area contributed by atoms with Crippen LogP contribution in [0.5, 0.6) is 5.75 Å². The molecule has 3 aromatic rings. The largest absolute Gasteiger partial charge is 0.496 e. The van der Waals surface area contributed by atoms with E-state index in [0.29, 0.717) is 11.6 Å². The number of nitrogens with one attached hydrogen (secondary N) is 1. The highest BCUT2D eigenvalue weighted by atomic mass is 35.5. The van der Waals surface area contributed by atoms with E-state index in [1.54, 1.807) is 7.11 Å². The zero-order chi connectivity index (χ0) is 16.8. The Morgan fingerprint density at radius 2 is 1.88 bits per heavy atom. The van der Waals surface area contributed by atoms with E-state index in [-0.39, 0.29) is 12.4 Å². The molecule has 0 atom stereocenters. The minimum absolute atomic E-state index is 0. The van der Waals surface area contributed by atoms with E-state index in [1.165, 1.54) is 5.56 Å². The van der Waals surface area contributed by atoms with Gasteiger partial charge >= 0.3 is 0 Å². The molecule has 0 amide bonds. The van der Waals surface area contributed by atoms with E-state index >= 15 is 0 Å². The van der Waals surface area contributed by atoms with E-state index < -0.39 is 0 Å². The van der Waals surface area contributed by atoms with Gasteiger partial charge in [0.1, 0.15) is 17.3 Å². The molecule has 132 valence electrons. The summed E-state index contributed by atoms with van der Waals surface area (Å²) in [7, 11) is 1.70. The number of benzene rings is 2. The van der Waals surface area contributed by atoms with Gasteiger partial charge in [0.2, 0.25) is 0 Å². The molecule has 1 heterocycles. The number of furan rings is 1. The van der Waals surface area contributed by atoms with E-state index in [1.807, 2.05) is 54.6 Å². The second-order valence-electron chi connectivity index (χ2n) is 5.51. The Morgan fingerprint density at radius 1 is 1.04 bits per heavy atom. The van der Waals surface area contributed by atoms with Crippen molar-refractivity contribution < 1.29 is 9.15 Å². The number of halogens is 2. The van der Waals surface area contributed by atoms with Crippen molar-refractivity contribution in [2.75, 3.05) is 13.7 Å². The number of ether oxygens (including phenoxy) is 1. The van der Waals surface area contributed by atoms with Crippen molar-refractivity contribution in [1.29, 1.82) is 0 Å². The average Bonchev–Trinajstić information content (AvgIpc) is 3.08. The fraction of sp³-hybridized carbons (Fsp3) is 0.200. The Kier molecular flexibility index (Phi) is 7.38. The molecule has 3 nitrogen and oxygen atoms in total. The van der Waals surface area contributed by atoms with Gasteiger partial charge in [-0.05, 0) is 48.9 Å². The van der Waals surface area contributed by atoms with Gasteiger partial charge in [-0.1, -0.05) is 41.9 Å². The third kappa shape index (κ3) is 5.27. The lowest BCUT2D eigenvalue weighted by atomic mass is 10.1. The minimum Gasteiger partial charge on any atom is -0.496 e. The monoisotopic (exact) mass is 377 g/mol. The predicted molar refractivity (Wildman–Crippen MR) is 105 cm³/mol. The normalized spacial score (nSPS) is 10.3. The second kappa shape index (κ2) is 9.52. The minimum atomic E-state index is 0. The lowest BCUT2D eigenvalue weighted by Gasteiger charge is -2.08. The van der Waals surface area contributed by atoms with Crippen LogP contribution in [0, 0.1) is 0 Å². The van der Waals surface area contributed by atoms with E-state index in [2.05, 4.69) is 11.4 Å². The Hall–Kier alpha value is -1.94. The van der Waals surface area contributed by atoms with E-state index in [0.717, 1.165) is 35.8 Å². The predicted octanol–water partition coefficient (Wildman–Crippen LogP) is 5.36. The quantitative estimate of drug-likeness (QED) is 0.562. The van der Waals surface area contributed by atoms with Gasteiger partial charge in [0, 0.05) is 10.6 Å². The average molecular weight is 378 g/mol. The van der Waals surface area contributed by atoms with Crippen LogP contribution in [-0.4, -0.2) is 13.7 Å². The summed E-state index contributed by atoms with van der Waals surface area (Å²) in [6.45, 7) is 1.54. The Balaban J connectivity index is 0.00000225. The summed E-state index contributed by atoms with van der Waals surface area (Å²) in [6, 6.07) is 19.7. The van der Waals surface area contributed by atoms with Crippen molar-refractivity contribution in [3.63, 3.8) is 0 Å². The molecule has 0 aliphatic rings. The summed E-state index contributed by atoms with van der Waals surface area (Å²) in [5, 5.41) is 4.11. The zero-order valence-electron chi connectivity index (χ0n) is 14.0. The maximum Gasteiger partial charge on any atom is 0.134 e. The van der Waals surface area contributed by atoms with Crippen LogP contribution in [0.4, 0.5) is 0 Å². The lowest BCUT2D eigenvalue weighted by molar-refractivity contribution is 0.408. The van der Waals surface area contributed by atoms with Crippen molar-refractivity contribution in [2.45, 2.75) is 13.0 Å². The fourth-order valence-corrected chi connectivity index (χ4v) is 2.80. The summed E-state index contributed by atoms with van der Waals surface area (Å²) in [6.07, 6.45) is 0.909. The van der Waals surface area contributed by atoms with Crippen molar-refractivity contribution in [3.8, 4) is 17.1 Å². The highest BCUT2D eigenvalue weighted by molar-refractivity contribution is 6.30. The van der Waals surface area contributed by atoms with Crippen molar-refractivity contribution >= 4 is 24.0 Å².